The van der Waals surface area contributed by atoms with Gasteiger partial charge >= 0.3 is 0 Å². The van der Waals surface area contributed by atoms with Crippen LogP contribution in [0.2, 0.25) is 0 Å². The number of Topliss-reactive ketones (excluding diaryl/α,β-unsaturated/α-hetero) is 1. The van der Waals surface area contributed by atoms with E-state index in [4.69, 9.17) is 0 Å². The molecule has 2 atom stereocenters. The topological polar surface area (TPSA) is 41.1 Å². The fourth-order valence-corrected chi connectivity index (χ4v) is 2.53. The number of hydrogen-bond acceptors (Lipinski definition) is 3. The molecule has 1 fully saturated rings. The number of carbonyl (C=O) groups is 1. The average molecular weight is 240 g/mol. The van der Waals surface area contributed by atoms with Crippen LogP contribution < -0.4 is 10.6 Å². The summed E-state index contributed by atoms with van der Waals surface area (Å²) in [6.07, 6.45) is 3.49. The Morgan fingerprint density at radius 2 is 2.06 bits per heavy atom. The molecule has 0 radical (unpaired) electrons. The summed E-state index contributed by atoms with van der Waals surface area (Å²) in [6, 6.07) is 0.416. The van der Waals surface area contributed by atoms with Crippen LogP contribution in [0.15, 0.2) is 0 Å². The molecule has 1 rings (SSSR count). The first-order valence-corrected chi connectivity index (χ1v) is 7.01. The van der Waals surface area contributed by atoms with Crippen LogP contribution in [-0.2, 0) is 4.79 Å². The molecular weight excluding hydrogens is 212 g/mol. The summed E-state index contributed by atoms with van der Waals surface area (Å²) in [5.41, 5.74) is 0. The summed E-state index contributed by atoms with van der Waals surface area (Å²) in [5, 5.41) is 6.85. The lowest BCUT2D eigenvalue weighted by atomic mass is 9.88. The van der Waals surface area contributed by atoms with E-state index in [2.05, 4.69) is 24.5 Å². The molecule has 0 saturated carbocycles. The second-order valence-corrected chi connectivity index (χ2v) is 5.88. The Bertz CT molecular complexity index is 232. The van der Waals surface area contributed by atoms with Gasteiger partial charge in [-0.1, -0.05) is 27.7 Å². The van der Waals surface area contributed by atoms with Gasteiger partial charge in [0.05, 0.1) is 6.04 Å². The van der Waals surface area contributed by atoms with Crippen LogP contribution in [0.25, 0.3) is 0 Å². The Labute approximate surface area is 106 Å². The molecule has 3 heteroatoms. The molecule has 1 aliphatic rings. The summed E-state index contributed by atoms with van der Waals surface area (Å²) < 4.78 is 0. The van der Waals surface area contributed by atoms with Crippen molar-refractivity contribution in [1.29, 1.82) is 0 Å². The molecule has 17 heavy (non-hydrogen) atoms. The second-order valence-electron chi connectivity index (χ2n) is 5.88. The van der Waals surface area contributed by atoms with Gasteiger partial charge in [-0.15, -0.1) is 0 Å². The van der Waals surface area contributed by atoms with Crippen molar-refractivity contribution in [2.24, 2.45) is 11.8 Å². The molecule has 1 heterocycles. The third-order valence-corrected chi connectivity index (χ3v) is 3.41. The number of nitrogens with one attached hydrogen (secondary N) is 2. The minimum absolute atomic E-state index is 0.0416. The van der Waals surface area contributed by atoms with Crippen molar-refractivity contribution < 1.29 is 4.79 Å². The summed E-state index contributed by atoms with van der Waals surface area (Å²) >= 11 is 0. The maximum atomic E-state index is 12.2. The van der Waals surface area contributed by atoms with Gasteiger partial charge in [-0.25, -0.2) is 0 Å². The van der Waals surface area contributed by atoms with Gasteiger partial charge in [0.2, 0.25) is 0 Å². The fraction of sp³-hybridized carbons (Fsp3) is 0.929. The van der Waals surface area contributed by atoms with E-state index in [1.54, 1.807) is 0 Å². The molecule has 0 aromatic carbocycles. The molecule has 0 aromatic rings. The standard InChI is InChI=1S/C14H28N2O/c1-10(2)14(17)13(16-11(3)4)8-12-6-5-7-15-9-12/h10-13,15-16H,5-9H2,1-4H3. The zero-order chi connectivity index (χ0) is 12.8. The molecular formula is C14H28N2O. The zero-order valence-corrected chi connectivity index (χ0v) is 11.8. The Hall–Kier alpha value is -0.410. The molecule has 1 saturated heterocycles. The van der Waals surface area contributed by atoms with Gasteiger partial charge in [0.25, 0.3) is 0 Å². The van der Waals surface area contributed by atoms with Crippen LogP contribution in [0, 0.1) is 11.8 Å². The van der Waals surface area contributed by atoms with Crippen LogP contribution in [0.4, 0.5) is 0 Å². The third kappa shape index (κ3) is 5.17. The van der Waals surface area contributed by atoms with Crippen molar-refractivity contribution in [3.8, 4) is 0 Å². The Morgan fingerprint density at radius 1 is 1.35 bits per heavy atom. The second kappa shape index (κ2) is 7.12. The molecule has 2 unspecified atom stereocenters. The molecule has 2 N–H and O–H groups in total. The predicted octanol–water partition coefficient (Wildman–Crippen LogP) is 1.97. The van der Waals surface area contributed by atoms with Crippen molar-refractivity contribution in [3.63, 3.8) is 0 Å². The highest BCUT2D eigenvalue weighted by atomic mass is 16.1. The largest absolute Gasteiger partial charge is 0.316 e. The number of ketones is 1. The lowest BCUT2D eigenvalue weighted by Gasteiger charge is -2.29. The fourth-order valence-electron chi connectivity index (χ4n) is 2.53. The summed E-state index contributed by atoms with van der Waals surface area (Å²) in [4.78, 5) is 12.2. The van der Waals surface area contributed by atoms with E-state index < -0.39 is 0 Å². The van der Waals surface area contributed by atoms with Crippen molar-refractivity contribution in [1.82, 2.24) is 10.6 Å². The first-order valence-electron chi connectivity index (χ1n) is 7.01. The highest BCUT2D eigenvalue weighted by molar-refractivity contribution is 5.85. The van der Waals surface area contributed by atoms with E-state index >= 15 is 0 Å². The first-order chi connectivity index (χ1) is 8.00. The number of piperidine rings is 1. The number of carbonyl (C=O) groups excluding carboxylic acids is 1. The lowest BCUT2D eigenvalue weighted by molar-refractivity contribution is -0.124. The van der Waals surface area contributed by atoms with Gasteiger partial charge in [-0.2, -0.15) is 0 Å². The van der Waals surface area contributed by atoms with Gasteiger partial charge < -0.3 is 10.6 Å². The Balaban J connectivity index is 2.52. The Morgan fingerprint density at radius 3 is 2.53 bits per heavy atom. The third-order valence-electron chi connectivity index (χ3n) is 3.41. The van der Waals surface area contributed by atoms with Crippen molar-refractivity contribution >= 4 is 5.78 Å². The van der Waals surface area contributed by atoms with E-state index in [9.17, 15) is 4.79 Å². The monoisotopic (exact) mass is 240 g/mol. The first kappa shape index (κ1) is 14.7. The van der Waals surface area contributed by atoms with Crippen LogP contribution in [-0.4, -0.2) is 31.0 Å². The van der Waals surface area contributed by atoms with Crippen LogP contribution in [0.1, 0.15) is 47.0 Å². The number of rotatable bonds is 6. The van der Waals surface area contributed by atoms with Crippen molar-refractivity contribution in [3.05, 3.63) is 0 Å². The van der Waals surface area contributed by atoms with E-state index in [0.29, 0.717) is 17.7 Å². The van der Waals surface area contributed by atoms with E-state index in [1.165, 1.54) is 12.8 Å². The zero-order valence-electron chi connectivity index (χ0n) is 11.8. The molecule has 100 valence electrons. The van der Waals surface area contributed by atoms with Gasteiger partial charge in [0.1, 0.15) is 0 Å². The smallest absolute Gasteiger partial charge is 0.152 e. The summed E-state index contributed by atoms with van der Waals surface area (Å²) in [6.45, 7) is 10.4. The molecule has 3 nitrogen and oxygen atoms in total. The van der Waals surface area contributed by atoms with E-state index in [-0.39, 0.29) is 12.0 Å². The number of hydrogen-bond donors (Lipinski definition) is 2. The highest BCUT2D eigenvalue weighted by Crippen LogP contribution is 2.18. The lowest BCUT2D eigenvalue weighted by Crippen LogP contribution is -2.45. The van der Waals surface area contributed by atoms with Gasteiger partial charge in [0, 0.05) is 12.0 Å². The minimum Gasteiger partial charge on any atom is -0.316 e. The van der Waals surface area contributed by atoms with Crippen molar-refractivity contribution in [2.75, 3.05) is 13.1 Å². The predicted molar refractivity (Wildman–Crippen MR) is 72.1 cm³/mol. The van der Waals surface area contributed by atoms with E-state index in [0.717, 1.165) is 19.5 Å². The molecule has 0 amide bonds. The van der Waals surface area contributed by atoms with Crippen molar-refractivity contribution in [2.45, 2.75) is 59.0 Å². The Kier molecular flexibility index (Phi) is 6.14. The summed E-state index contributed by atoms with van der Waals surface area (Å²) in [5.74, 6) is 1.15. The van der Waals surface area contributed by atoms with E-state index in [1.807, 2.05) is 13.8 Å². The quantitative estimate of drug-likeness (QED) is 0.746. The van der Waals surface area contributed by atoms with Crippen LogP contribution in [0.5, 0.6) is 0 Å². The maximum absolute atomic E-state index is 12.2. The highest BCUT2D eigenvalue weighted by Gasteiger charge is 2.25. The summed E-state index contributed by atoms with van der Waals surface area (Å²) in [7, 11) is 0. The molecule has 0 aliphatic carbocycles. The SMILES string of the molecule is CC(C)NC(CC1CCCNC1)C(=O)C(C)C. The van der Waals surface area contributed by atoms with Crippen LogP contribution in [0.3, 0.4) is 0 Å². The van der Waals surface area contributed by atoms with Gasteiger partial charge in [-0.05, 0) is 38.3 Å². The minimum atomic E-state index is 0.0416. The molecule has 0 spiro atoms. The molecule has 0 bridgehead atoms. The molecule has 0 aromatic heterocycles. The molecule has 1 aliphatic heterocycles. The van der Waals surface area contributed by atoms with Crippen LogP contribution >= 0.6 is 0 Å². The van der Waals surface area contributed by atoms with Gasteiger partial charge in [0.15, 0.2) is 5.78 Å². The van der Waals surface area contributed by atoms with Gasteiger partial charge in [-0.3, -0.25) is 4.79 Å². The average Bonchev–Trinajstić information content (AvgIpc) is 2.28. The normalized spacial score (nSPS) is 23.1. The maximum Gasteiger partial charge on any atom is 0.152 e.